The van der Waals surface area contributed by atoms with E-state index in [1.807, 2.05) is 24.7 Å². The van der Waals surface area contributed by atoms with E-state index in [1.165, 1.54) is 5.56 Å². The highest BCUT2D eigenvalue weighted by atomic mass is 16.5. The van der Waals surface area contributed by atoms with Gasteiger partial charge in [0, 0.05) is 18.6 Å². The Morgan fingerprint density at radius 2 is 1.91 bits per heavy atom. The van der Waals surface area contributed by atoms with Crippen molar-refractivity contribution in [1.29, 1.82) is 0 Å². The van der Waals surface area contributed by atoms with Crippen molar-refractivity contribution in [3.63, 3.8) is 0 Å². The van der Waals surface area contributed by atoms with E-state index in [0.717, 1.165) is 11.6 Å². The summed E-state index contributed by atoms with van der Waals surface area (Å²) in [4.78, 5) is 15.4. The first-order valence-corrected chi connectivity index (χ1v) is 7.47. The van der Waals surface area contributed by atoms with Crippen LogP contribution in [0.1, 0.15) is 25.5 Å². The molecule has 4 heterocycles. The van der Waals surface area contributed by atoms with Gasteiger partial charge in [0.1, 0.15) is 12.6 Å². The summed E-state index contributed by atoms with van der Waals surface area (Å²) < 4.78 is 5.87. The maximum absolute atomic E-state index is 5.87. The minimum absolute atomic E-state index is 0.138. The quantitative estimate of drug-likeness (QED) is 0.817. The van der Waals surface area contributed by atoms with Crippen molar-refractivity contribution in [2.75, 3.05) is 11.5 Å². The van der Waals surface area contributed by atoms with Crippen molar-refractivity contribution in [2.24, 2.45) is 4.99 Å². The Morgan fingerprint density at radius 3 is 2.55 bits per heavy atom. The summed E-state index contributed by atoms with van der Waals surface area (Å²) >= 11 is 0. The molecular weight excluding hydrogens is 276 g/mol. The summed E-state index contributed by atoms with van der Waals surface area (Å²) in [7, 11) is 0. The maximum Gasteiger partial charge on any atom is 0.210 e. The molecule has 2 atom stereocenters. The topological polar surface area (TPSA) is 50.4 Å². The third-order valence-corrected chi connectivity index (χ3v) is 4.04. The number of hydrogen-bond donors (Lipinski definition) is 0. The highest BCUT2D eigenvalue weighted by molar-refractivity contribution is 5.94. The molecule has 0 aliphatic carbocycles. The van der Waals surface area contributed by atoms with Gasteiger partial charge in [-0.15, -0.1) is 0 Å². The number of aliphatic imine (C=N–C) groups is 1. The fraction of sp³-hybridized carbons (Fsp3) is 0.353. The van der Waals surface area contributed by atoms with E-state index >= 15 is 0 Å². The highest BCUT2D eigenvalue weighted by Crippen LogP contribution is 2.48. The Morgan fingerprint density at radius 1 is 1.09 bits per heavy atom. The summed E-state index contributed by atoms with van der Waals surface area (Å²) in [6, 6.07) is 8.51. The largest absolute Gasteiger partial charge is 0.477 e. The average molecular weight is 294 g/mol. The summed E-state index contributed by atoms with van der Waals surface area (Å²) in [6.07, 6.45) is 7.33. The number of rotatable bonds is 3. The van der Waals surface area contributed by atoms with Crippen LogP contribution >= 0.6 is 0 Å². The molecule has 1 fully saturated rings. The van der Waals surface area contributed by atoms with E-state index in [0.29, 0.717) is 6.61 Å². The van der Waals surface area contributed by atoms with E-state index in [9.17, 15) is 0 Å². The zero-order chi connectivity index (χ0) is 15.2. The molecule has 0 bridgehead atoms. The predicted octanol–water partition coefficient (Wildman–Crippen LogP) is 2.61. The first kappa shape index (κ1) is 13.2. The number of hydrogen-bond acceptors (Lipinski definition) is 5. The van der Waals surface area contributed by atoms with Gasteiger partial charge in [-0.25, -0.2) is 4.99 Å². The Balaban J connectivity index is 1.70. The summed E-state index contributed by atoms with van der Waals surface area (Å²) in [5.41, 5.74) is 2.17. The molecule has 0 N–H and O–H groups in total. The Bertz CT molecular complexity index is 654. The predicted molar refractivity (Wildman–Crippen MR) is 84.9 cm³/mol. The van der Waals surface area contributed by atoms with E-state index in [1.54, 1.807) is 6.20 Å². The Labute approximate surface area is 129 Å². The van der Waals surface area contributed by atoms with Crippen LogP contribution in [0, 0.1) is 0 Å². The molecule has 0 amide bonds. The van der Waals surface area contributed by atoms with Gasteiger partial charge in [-0.1, -0.05) is 0 Å². The molecule has 22 heavy (non-hydrogen) atoms. The second kappa shape index (κ2) is 4.80. The van der Waals surface area contributed by atoms with Crippen molar-refractivity contribution in [2.45, 2.75) is 31.5 Å². The molecule has 5 heteroatoms. The van der Waals surface area contributed by atoms with E-state index in [2.05, 4.69) is 46.9 Å². The molecule has 2 aliphatic heterocycles. The summed E-state index contributed by atoms with van der Waals surface area (Å²) in [6.45, 7) is 4.83. The van der Waals surface area contributed by atoms with Crippen LogP contribution in [0.2, 0.25) is 0 Å². The van der Waals surface area contributed by atoms with Gasteiger partial charge in [-0.2, -0.15) is 0 Å². The van der Waals surface area contributed by atoms with Crippen molar-refractivity contribution < 1.29 is 4.74 Å². The lowest BCUT2D eigenvalue weighted by molar-refractivity contribution is 0.275. The number of pyridine rings is 2. The van der Waals surface area contributed by atoms with Crippen LogP contribution in [-0.4, -0.2) is 34.1 Å². The van der Waals surface area contributed by atoms with Gasteiger partial charge in [0.05, 0.1) is 23.5 Å². The zero-order valence-electron chi connectivity index (χ0n) is 12.7. The molecule has 0 spiro atoms. The van der Waals surface area contributed by atoms with Crippen molar-refractivity contribution >= 4 is 11.6 Å². The van der Waals surface area contributed by atoms with Crippen LogP contribution < -0.4 is 4.90 Å². The molecular formula is C17H18N4O. The molecule has 5 nitrogen and oxygen atoms in total. The van der Waals surface area contributed by atoms with Crippen LogP contribution in [0.5, 0.6) is 0 Å². The molecule has 0 unspecified atom stereocenters. The molecule has 2 aromatic heterocycles. The van der Waals surface area contributed by atoms with Gasteiger partial charge in [0.15, 0.2) is 0 Å². The second-order valence-electron chi connectivity index (χ2n) is 6.34. The average Bonchev–Trinajstić information content (AvgIpc) is 3.19. The van der Waals surface area contributed by atoms with Crippen LogP contribution in [-0.2, 0) is 4.74 Å². The Hall–Kier alpha value is -2.43. The van der Waals surface area contributed by atoms with Crippen molar-refractivity contribution in [3.8, 4) is 0 Å². The normalized spacial score (nSPS) is 25.5. The smallest absolute Gasteiger partial charge is 0.210 e. The Kier molecular flexibility index (Phi) is 2.89. The maximum atomic E-state index is 5.87. The van der Waals surface area contributed by atoms with Gasteiger partial charge in [-0.3, -0.25) is 9.97 Å². The standard InChI is InChI=1S/C17H18N4O/c1-17(2)11-22-16(20-17)15-14(12-5-8-18-9-6-12)21(15)13-4-3-7-19-10-13/h3-10,14-15H,11H2,1-2H3/t14-,15+,21?/m0/s1. The lowest BCUT2D eigenvalue weighted by atomic mass is 10.1. The van der Waals surface area contributed by atoms with E-state index in [-0.39, 0.29) is 17.6 Å². The molecule has 2 aromatic rings. The number of aromatic nitrogens is 2. The lowest BCUT2D eigenvalue weighted by Crippen LogP contribution is -2.17. The first-order chi connectivity index (χ1) is 10.7. The monoisotopic (exact) mass is 294 g/mol. The third kappa shape index (κ3) is 2.22. The molecule has 1 saturated heterocycles. The van der Waals surface area contributed by atoms with Crippen LogP contribution in [0.4, 0.5) is 5.69 Å². The van der Waals surface area contributed by atoms with E-state index < -0.39 is 0 Å². The molecule has 112 valence electrons. The van der Waals surface area contributed by atoms with Gasteiger partial charge in [0.2, 0.25) is 5.90 Å². The second-order valence-corrected chi connectivity index (χ2v) is 6.34. The third-order valence-electron chi connectivity index (χ3n) is 4.04. The van der Waals surface area contributed by atoms with Crippen LogP contribution in [0.15, 0.2) is 54.0 Å². The van der Waals surface area contributed by atoms with Gasteiger partial charge in [-0.05, 0) is 43.7 Å². The minimum Gasteiger partial charge on any atom is -0.477 e. The van der Waals surface area contributed by atoms with Gasteiger partial charge < -0.3 is 9.64 Å². The highest BCUT2D eigenvalue weighted by Gasteiger charge is 2.54. The molecule has 0 radical (unpaired) electrons. The summed E-state index contributed by atoms with van der Waals surface area (Å²) in [5, 5.41) is 0. The molecule has 4 rings (SSSR count). The number of ether oxygens (including phenoxy) is 1. The van der Waals surface area contributed by atoms with Crippen LogP contribution in [0.3, 0.4) is 0 Å². The van der Waals surface area contributed by atoms with Gasteiger partial charge in [0.25, 0.3) is 0 Å². The fourth-order valence-corrected chi connectivity index (χ4v) is 2.98. The minimum atomic E-state index is -0.138. The molecule has 2 aliphatic rings. The molecule has 0 aromatic carbocycles. The lowest BCUT2D eigenvalue weighted by Gasteiger charge is -2.07. The van der Waals surface area contributed by atoms with Crippen molar-refractivity contribution in [1.82, 2.24) is 9.97 Å². The fourth-order valence-electron chi connectivity index (χ4n) is 2.98. The first-order valence-electron chi connectivity index (χ1n) is 7.47. The molecule has 0 saturated carbocycles. The number of anilines is 1. The SMILES string of the molecule is CC1(C)COC([C@H]2[C@H](c3ccncc3)N2c2cccnc2)=N1. The zero-order valence-corrected chi connectivity index (χ0v) is 12.7. The summed E-state index contributed by atoms with van der Waals surface area (Å²) in [5.74, 6) is 0.829. The number of nitrogens with zero attached hydrogens (tertiary/aromatic N) is 4. The van der Waals surface area contributed by atoms with Crippen molar-refractivity contribution in [3.05, 3.63) is 54.6 Å². The van der Waals surface area contributed by atoms with Gasteiger partial charge >= 0.3 is 0 Å². The van der Waals surface area contributed by atoms with E-state index in [4.69, 9.17) is 9.73 Å². The van der Waals surface area contributed by atoms with Crippen LogP contribution in [0.25, 0.3) is 0 Å².